The molecule has 0 saturated heterocycles. The van der Waals surface area contributed by atoms with Gasteiger partial charge in [-0.25, -0.2) is 0 Å². The summed E-state index contributed by atoms with van der Waals surface area (Å²) in [5.41, 5.74) is 0.264. The molecule has 1 aliphatic carbocycles. The van der Waals surface area contributed by atoms with Crippen molar-refractivity contribution in [3.8, 4) is 0 Å². The Morgan fingerprint density at radius 1 is 1.19 bits per heavy atom. The van der Waals surface area contributed by atoms with E-state index in [2.05, 4.69) is 38.7 Å². The molecular weight excluding hydrogens is 194 g/mol. The number of nitrogens with one attached hydrogen (secondary N) is 1. The van der Waals surface area contributed by atoms with Gasteiger partial charge in [-0.05, 0) is 58.4 Å². The molecule has 0 heterocycles. The highest BCUT2D eigenvalue weighted by molar-refractivity contribution is 4.82. The Bertz CT molecular complexity index is 202. The van der Waals surface area contributed by atoms with Crippen LogP contribution in [0, 0.1) is 11.8 Å². The lowest BCUT2D eigenvalue weighted by Crippen LogP contribution is -2.41. The van der Waals surface area contributed by atoms with Gasteiger partial charge < -0.3 is 5.32 Å². The van der Waals surface area contributed by atoms with E-state index in [9.17, 15) is 0 Å². The van der Waals surface area contributed by atoms with Crippen molar-refractivity contribution < 1.29 is 0 Å². The molecule has 0 aromatic carbocycles. The fraction of sp³-hybridized carbons (Fsp3) is 0.867. The molecule has 16 heavy (non-hydrogen) atoms. The second-order valence-electron chi connectivity index (χ2n) is 6.30. The molecule has 0 spiro atoms. The van der Waals surface area contributed by atoms with E-state index in [0.717, 1.165) is 11.8 Å². The van der Waals surface area contributed by atoms with Gasteiger partial charge >= 0.3 is 0 Å². The van der Waals surface area contributed by atoms with Crippen molar-refractivity contribution >= 4 is 0 Å². The van der Waals surface area contributed by atoms with Gasteiger partial charge in [0.2, 0.25) is 0 Å². The Kier molecular flexibility index (Phi) is 5.54. The first-order valence-electron chi connectivity index (χ1n) is 6.89. The van der Waals surface area contributed by atoms with Gasteiger partial charge in [-0.15, -0.1) is 6.58 Å². The van der Waals surface area contributed by atoms with Gasteiger partial charge in [0.15, 0.2) is 0 Å². The summed E-state index contributed by atoms with van der Waals surface area (Å²) in [7, 11) is 0. The van der Waals surface area contributed by atoms with Gasteiger partial charge in [0.25, 0.3) is 0 Å². The van der Waals surface area contributed by atoms with Crippen LogP contribution in [0.4, 0.5) is 0 Å². The van der Waals surface area contributed by atoms with Crippen LogP contribution in [-0.4, -0.2) is 12.1 Å². The normalized spacial score (nSPS) is 26.7. The van der Waals surface area contributed by atoms with Gasteiger partial charge in [0.1, 0.15) is 0 Å². The highest BCUT2D eigenvalue weighted by Crippen LogP contribution is 2.33. The third-order valence-corrected chi connectivity index (χ3v) is 3.70. The van der Waals surface area contributed by atoms with Crippen LogP contribution in [0.25, 0.3) is 0 Å². The standard InChI is InChI=1S/C15H29N/c1-5-6-9-13-10-7-8-11-14(13)12-16-15(2,3)4/h5,13-14,16H,1,6-12H2,2-4H3. The van der Waals surface area contributed by atoms with Crippen LogP contribution in [0.2, 0.25) is 0 Å². The zero-order valence-corrected chi connectivity index (χ0v) is 11.4. The summed E-state index contributed by atoms with van der Waals surface area (Å²) in [4.78, 5) is 0. The summed E-state index contributed by atoms with van der Waals surface area (Å²) in [5, 5.41) is 3.67. The first kappa shape index (κ1) is 13.8. The second kappa shape index (κ2) is 6.44. The molecule has 0 aromatic rings. The molecule has 0 aromatic heterocycles. The van der Waals surface area contributed by atoms with Crippen molar-refractivity contribution in [2.45, 2.75) is 64.8 Å². The summed E-state index contributed by atoms with van der Waals surface area (Å²) < 4.78 is 0. The molecule has 0 aliphatic heterocycles. The molecule has 2 unspecified atom stereocenters. The predicted molar refractivity (Wildman–Crippen MR) is 72.6 cm³/mol. The van der Waals surface area contributed by atoms with Crippen LogP contribution in [0.3, 0.4) is 0 Å². The minimum atomic E-state index is 0.264. The monoisotopic (exact) mass is 223 g/mol. The molecule has 1 heteroatoms. The van der Waals surface area contributed by atoms with E-state index in [0.29, 0.717) is 0 Å². The third-order valence-electron chi connectivity index (χ3n) is 3.70. The van der Waals surface area contributed by atoms with E-state index in [4.69, 9.17) is 0 Å². The quantitative estimate of drug-likeness (QED) is 0.691. The van der Waals surface area contributed by atoms with Crippen LogP contribution in [-0.2, 0) is 0 Å². The van der Waals surface area contributed by atoms with Crippen LogP contribution in [0.5, 0.6) is 0 Å². The lowest BCUT2D eigenvalue weighted by atomic mass is 9.76. The van der Waals surface area contributed by atoms with Crippen LogP contribution < -0.4 is 5.32 Å². The van der Waals surface area contributed by atoms with Crippen molar-refractivity contribution in [2.75, 3.05) is 6.54 Å². The topological polar surface area (TPSA) is 12.0 Å². The number of rotatable bonds is 5. The average Bonchev–Trinajstić information content (AvgIpc) is 2.23. The number of allylic oxidation sites excluding steroid dienone is 1. The summed E-state index contributed by atoms with van der Waals surface area (Å²) in [6.45, 7) is 11.8. The minimum absolute atomic E-state index is 0.264. The lowest BCUT2D eigenvalue weighted by Gasteiger charge is -2.34. The molecule has 1 nitrogen and oxygen atoms in total. The number of hydrogen-bond donors (Lipinski definition) is 1. The molecule has 2 atom stereocenters. The Labute approximate surface area is 102 Å². The predicted octanol–water partition coefficient (Wildman–Crippen LogP) is 4.15. The maximum atomic E-state index is 3.84. The number of hydrogen-bond acceptors (Lipinski definition) is 1. The maximum Gasteiger partial charge on any atom is 0.00966 e. The van der Waals surface area contributed by atoms with E-state index >= 15 is 0 Å². The molecule has 1 fully saturated rings. The molecule has 0 bridgehead atoms. The van der Waals surface area contributed by atoms with E-state index in [1.54, 1.807) is 0 Å². The fourth-order valence-electron chi connectivity index (χ4n) is 2.70. The van der Waals surface area contributed by atoms with Crippen LogP contribution >= 0.6 is 0 Å². The molecule has 1 aliphatic rings. The maximum absolute atomic E-state index is 3.84. The van der Waals surface area contributed by atoms with Gasteiger partial charge in [-0.2, -0.15) is 0 Å². The van der Waals surface area contributed by atoms with Crippen molar-refractivity contribution in [1.82, 2.24) is 5.32 Å². The largest absolute Gasteiger partial charge is 0.312 e. The molecular formula is C15H29N. The van der Waals surface area contributed by atoms with E-state index in [1.165, 1.54) is 45.1 Å². The second-order valence-corrected chi connectivity index (χ2v) is 6.30. The van der Waals surface area contributed by atoms with Crippen molar-refractivity contribution in [1.29, 1.82) is 0 Å². The smallest absolute Gasteiger partial charge is 0.00966 e. The van der Waals surface area contributed by atoms with Gasteiger partial charge in [0, 0.05) is 5.54 Å². The minimum Gasteiger partial charge on any atom is -0.312 e. The van der Waals surface area contributed by atoms with Gasteiger partial charge in [-0.3, -0.25) is 0 Å². The molecule has 94 valence electrons. The molecule has 1 rings (SSSR count). The summed E-state index contributed by atoms with van der Waals surface area (Å²) in [5.74, 6) is 1.83. The molecule has 1 N–H and O–H groups in total. The van der Waals surface area contributed by atoms with Crippen LogP contribution in [0.1, 0.15) is 59.3 Å². The molecule has 1 saturated carbocycles. The van der Waals surface area contributed by atoms with E-state index in [1.807, 2.05) is 0 Å². The highest BCUT2D eigenvalue weighted by Gasteiger charge is 2.25. The SMILES string of the molecule is C=CCCC1CCCCC1CNC(C)(C)C. The van der Waals surface area contributed by atoms with Crippen molar-refractivity contribution in [3.63, 3.8) is 0 Å². The zero-order valence-electron chi connectivity index (χ0n) is 11.4. The van der Waals surface area contributed by atoms with Crippen molar-refractivity contribution in [2.24, 2.45) is 11.8 Å². The fourth-order valence-corrected chi connectivity index (χ4v) is 2.70. The Morgan fingerprint density at radius 2 is 1.81 bits per heavy atom. The Balaban J connectivity index is 2.37. The third kappa shape index (κ3) is 5.16. The summed E-state index contributed by atoms with van der Waals surface area (Å²) >= 11 is 0. The highest BCUT2D eigenvalue weighted by atomic mass is 14.9. The van der Waals surface area contributed by atoms with Gasteiger partial charge in [0.05, 0.1) is 0 Å². The van der Waals surface area contributed by atoms with Crippen molar-refractivity contribution in [3.05, 3.63) is 12.7 Å². The van der Waals surface area contributed by atoms with E-state index in [-0.39, 0.29) is 5.54 Å². The van der Waals surface area contributed by atoms with Gasteiger partial charge in [-0.1, -0.05) is 25.3 Å². The van der Waals surface area contributed by atoms with Crippen LogP contribution in [0.15, 0.2) is 12.7 Å². The lowest BCUT2D eigenvalue weighted by molar-refractivity contribution is 0.205. The summed E-state index contributed by atoms with van der Waals surface area (Å²) in [6, 6.07) is 0. The molecule has 0 radical (unpaired) electrons. The average molecular weight is 223 g/mol. The first-order chi connectivity index (χ1) is 7.53. The Hall–Kier alpha value is -0.300. The molecule has 0 amide bonds. The summed E-state index contributed by atoms with van der Waals surface area (Å²) in [6.07, 6.45) is 10.3. The van der Waals surface area contributed by atoms with E-state index < -0.39 is 0 Å². The first-order valence-corrected chi connectivity index (χ1v) is 6.89. The zero-order chi connectivity index (χ0) is 12.0. The Morgan fingerprint density at radius 3 is 2.38 bits per heavy atom.